The van der Waals surface area contributed by atoms with E-state index in [2.05, 4.69) is 14.9 Å². The number of hydrogen-bond donors (Lipinski definition) is 0. The predicted octanol–water partition coefficient (Wildman–Crippen LogP) is -5.12. The number of aromatic nitrogens is 2. The third-order valence-electron chi connectivity index (χ3n) is 5.21. The molecule has 1 aromatic carbocycles. The molecule has 0 bridgehead atoms. The molecule has 7 nitrogen and oxygen atoms in total. The summed E-state index contributed by atoms with van der Waals surface area (Å²) < 4.78 is 13.0. The van der Waals surface area contributed by atoms with E-state index < -0.39 is 5.82 Å². The SMILES string of the molecule is Bc1c(B)c([N+](=O)[O-])c(B)c(B)c1N1CCN(c2ncc(F)cn2)CC1. The largest absolute Gasteiger partial charge is 0.369 e. The van der Waals surface area contributed by atoms with Gasteiger partial charge in [-0.3, -0.25) is 10.1 Å². The molecule has 2 heterocycles. The van der Waals surface area contributed by atoms with Crippen molar-refractivity contribution in [1.82, 2.24) is 9.97 Å². The van der Waals surface area contributed by atoms with Crippen LogP contribution in [0.1, 0.15) is 0 Å². The molecule has 1 aliphatic heterocycles. The molecule has 0 N–H and O–H groups in total. The lowest BCUT2D eigenvalue weighted by atomic mass is 9.67. The van der Waals surface area contributed by atoms with Crippen molar-refractivity contribution in [1.29, 1.82) is 0 Å². The Hall–Kier alpha value is -2.51. The number of halogens is 1. The van der Waals surface area contributed by atoms with Crippen LogP contribution >= 0.6 is 0 Å². The summed E-state index contributed by atoms with van der Waals surface area (Å²) in [5.74, 6) is 0.0750. The lowest BCUT2D eigenvalue weighted by Crippen LogP contribution is -2.54. The van der Waals surface area contributed by atoms with Crippen molar-refractivity contribution >= 4 is 70.6 Å². The van der Waals surface area contributed by atoms with Crippen LogP contribution in [0.2, 0.25) is 0 Å². The minimum absolute atomic E-state index is 0.210. The third kappa shape index (κ3) is 3.15. The maximum atomic E-state index is 13.0. The summed E-state index contributed by atoms with van der Waals surface area (Å²) in [6.45, 7) is 2.91. The number of nitro groups is 1. The van der Waals surface area contributed by atoms with Gasteiger partial charge in [-0.2, -0.15) is 0 Å². The van der Waals surface area contributed by atoms with Gasteiger partial charge in [-0.15, -0.1) is 0 Å². The van der Waals surface area contributed by atoms with Crippen molar-refractivity contribution in [3.63, 3.8) is 0 Å². The van der Waals surface area contributed by atoms with E-state index in [9.17, 15) is 14.5 Å². The van der Waals surface area contributed by atoms with E-state index in [4.69, 9.17) is 0 Å². The van der Waals surface area contributed by atoms with Crippen molar-refractivity contribution in [2.75, 3.05) is 36.0 Å². The average Bonchev–Trinajstić information content (AvgIpc) is 2.61. The molecule has 2 aromatic rings. The molecule has 1 saturated heterocycles. The molecule has 0 spiro atoms. The summed E-state index contributed by atoms with van der Waals surface area (Å²) in [4.78, 5) is 23.5. The second kappa shape index (κ2) is 7.01. The van der Waals surface area contributed by atoms with Crippen molar-refractivity contribution in [2.24, 2.45) is 0 Å². The van der Waals surface area contributed by atoms with Crippen LogP contribution in [0, 0.1) is 15.9 Å². The van der Waals surface area contributed by atoms with Crippen molar-refractivity contribution in [3.05, 3.63) is 28.3 Å². The smallest absolute Gasteiger partial charge is 0.255 e. The summed E-state index contributed by atoms with van der Waals surface area (Å²) >= 11 is 0. The summed E-state index contributed by atoms with van der Waals surface area (Å²) in [6, 6.07) is 0. The highest BCUT2D eigenvalue weighted by Crippen LogP contribution is 2.15. The number of benzene rings is 1. The number of nitrogens with zero attached hydrogens (tertiary/aromatic N) is 5. The van der Waals surface area contributed by atoms with E-state index in [1.807, 2.05) is 36.3 Å². The first kappa shape index (κ1) is 18.3. The summed E-state index contributed by atoms with van der Waals surface area (Å²) in [5, 5.41) is 11.4. The van der Waals surface area contributed by atoms with Crippen LogP contribution in [0.3, 0.4) is 0 Å². The van der Waals surface area contributed by atoms with Gasteiger partial charge in [0, 0.05) is 31.9 Å². The van der Waals surface area contributed by atoms with Crippen LogP contribution in [0.4, 0.5) is 21.7 Å². The molecule has 1 aromatic heterocycles. The fourth-order valence-corrected chi connectivity index (χ4v) is 3.62. The van der Waals surface area contributed by atoms with Crippen LogP contribution < -0.4 is 31.7 Å². The van der Waals surface area contributed by atoms with Crippen LogP contribution in [0.5, 0.6) is 0 Å². The highest BCUT2D eigenvalue weighted by molar-refractivity contribution is 6.62. The zero-order valence-electron chi connectivity index (χ0n) is 15.4. The van der Waals surface area contributed by atoms with E-state index in [-0.39, 0.29) is 10.6 Å². The number of hydrogen-bond acceptors (Lipinski definition) is 6. The molecule has 0 radical (unpaired) electrons. The third-order valence-corrected chi connectivity index (χ3v) is 5.21. The van der Waals surface area contributed by atoms with Crippen LogP contribution in [-0.4, -0.2) is 72.5 Å². The van der Waals surface area contributed by atoms with Gasteiger partial charge in [-0.05, 0) is 10.9 Å². The Morgan fingerprint density at radius 1 is 0.923 bits per heavy atom. The topological polar surface area (TPSA) is 75.4 Å². The van der Waals surface area contributed by atoms with Gasteiger partial charge in [0.2, 0.25) is 5.95 Å². The molecule has 0 aliphatic carbocycles. The molecule has 3 rings (SSSR count). The Morgan fingerprint density at radius 3 is 1.85 bits per heavy atom. The van der Waals surface area contributed by atoms with Gasteiger partial charge in [-0.1, -0.05) is 10.9 Å². The summed E-state index contributed by atoms with van der Waals surface area (Å²) in [5.41, 5.74) is 4.62. The van der Waals surface area contributed by atoms with E-state index in [1.54, 1.807) is 0 Å². The first-order chi connectivity index (χ1) is 12.3. The predicted molar refractivity (Wildman–Crippen MR) is 112 cm³/mol. The Kier molecular flexibility index (Phi) is 4.93. The lowest BCUT2D eigenvalue weighted by Gasteiger charge is -2.38. The minimum Gasteiger partial charge on any atom is -0.369 e. The Labute approximate surface area is 154 Å². The molecule has 0 unspecified atom stereocenters. The Balaban J connectivity index is 1.86. The molecule has 0 atom stereocenters. The van der Waals surface area contributed by atoms with Crippen molar-refractivity contribution in [2.45, 2.75) is 0 Å². The van der Waals surface area contributed by atoms with E-state index in [0.717, 1.165) is 40.6 Å². The number of piperazine rings is 1. The molecular formula is C14H18B4FN5O2. The van der Waals surface area contributed by atoms with E-state index in [1.165, 1.54) is 12.4 Å². The number of anilines is 2. The molecule has 0 amide bonds. The molecule has 1 fully saturated rings. The van der Waals surface area contributed by atoms with Gasteiger partial charge in [0.15, 0.2) is 5.82 Å². The maximum Gasteiger partial charge on any atom is 0.255 e. The molecule has 26 heavy (non-hydrogen) atoms. The molecule has 130 valence electrons. The molecule has 12 heteroatoms. The van der Waals surface area contributed by atoms with Crippen LogP contribution in [-0.2, 0) is 0 Å². The van der Waals surface area contributed by atoms with E-state index in [0.29, 0.717) is 19.0 Å². The fraction of sp³-hybridized carbons (Fsp3) is 0.286. The average molecular weight is 351 g/mol. The van der Waals surface area contributed by atoms with Gasteiger partial charge in [0.05, 0.1) is 17.3 Å². The van der Waals surface area contributed by atoms with Gasteiger partial charge in [0.1, 0.15) is 31.4 Å². The first-order valence-electron chi connectivity index (χ1n) is 8.53. The lowest BCUT2D eigenvalue weighted by molar-refractivity contribution is -0.382. The fourth-order valence-electron chi connectivity index (χ4n) is 3.62. The van der Waals surface area contributed by atoms with E-state index >= 15 is 0 Å². The summed E-state index contributed by atoms with van der Waals surface area (Å²) in [7, 11) is 7.51. The van der Waals surface area contributed by atoms with Crippen LogP contribution in [0.15, 0.2) is 12.4 Å². The van der Waals surface area contributed by atoms with Gasteiger partial charge < -0.3 is 9.80 Å². The molecule has 1 aliphatic rings. The Bertz CT molecular complexity index is 830. The van der Waals surface area contributed by atoms with Gasteiger partial charge in [-0.25, -0.2) is 14.4 Å². The monoisotopic (exact) mass is 351 g/mol. The summed E-state index contributed by atoms with van der Waals surface area (Å²) in [6.07, 6.45) is 2.35. The quantitative estimate of drug-likeness (QED) is 0.313. The highest BCUT2D eigenvalue weighted by atomic mass is 19.1. The number of rotatable bonds is 3. The first-order valence-corrected chi connectivity index (χ1v) is 8.53. The second-order valence-electron chi connectivity index (χ2n) is 6.63. The van der Waals surface area contributed by atoms with Crippen molar-refractivity contribution < 1.29 is 9.31 Å². The van der Waals surface area contributed by atoms with Crippen LogP contribution in [0.25, 0.3) is 0 Å². The minimum atomic E-state index is -0.449. The highest BCUT2D eigenvalue weighted by Gasteiger charge is 2.26. The zero-order valence-corrected chi connectivity index (χ0v) is 15.4. The maximum absolute atomic E-state index is 13.0. The molecule has 0 saturated carbocycles. The zero-order chi connectivity index (χ0) is 19.0. The Morgan fingerprint density at radius 2 is 1.38 bits per heavy atom. The van der Waals surface area contributed by atoms with Gasteiger partial charge >= 0.3 is 0 Å². The number of nitro benzene ring substituents is 1. The second-order valence-corrected chi connectivity index (χ2v) is 6.63. The normalized spacial score (nSPS) is 14.5. The van der Waals surface area contributed by atoms with Crippen molar-refractivity contribution in [3.8, 4) is 0 Å². The van der Waals surface area contributed by atoms with Gasteiger partial charge in [0.25, 0.3) is 5.69 Å². The molecular weight excluding hydrogens is 332 g/mol. The standard InChI is InChI=1S/C14H18B4FN5O2/c15-8-10(17)13(24(25)26)11(18)9(16)12(8)22-1-3-23(4-2-22)14-20-5-7(19)6-21-14/h5-6H,1-4,15-18H2.